The number of nitrogen functional groups attached to an aromatic ring is 1. The molecule has 0 aliphatic carbocycles. The maximum Gasteiger partial charge on any atom is 0.337 e. The van der Waals surface area contributed by atoms with Crippen molar-refractivity contribution in [2.24, 2.45) is 0 Å². The molecule has 0 saturated heterocycles. The van der Waals surface area contributed by atoms with Crippen LogP contribution in [0.1, 0.15) is 17.2 Å². The van der Waals surface area contributed by atoms with E-state index in [9.17, 15) is 15.0 Å². The summed E-state index contributed by atoms with van der Waals surface area (Å²) in [6.45, 7) is 0. The van der Waals surface area contributed by atoms with Crippen LogP contribution in [0.3, 0.4) is 0 Å². The zero-order valence-electron chi connectivity index (χ0n) is 9.12. The van der Waals surface area contributed by atoms with Gasteiger partial charge in [0.1, 0.15) is 12.2 Å². The first-order chi connectivity index (χ1) is 8.01. The number of carbonyl (C=O) groups excluding carboxylic acids is 1. The van der Waals surface area contributed by atoms with Gasteiger partial charge in [-0.15, -0.1) is 0 Å². The standard InChI is InChI=1S/C11H12N2O4/c1-17-11(16)10(15)9(14)6-2-3-8(13)7(4-6)5-12/h2-4,9-10,14-15H,13H2,1H3. The van der Waals surface area contributed by atoms with Gasteiger partial charge in [0, 0.05) is 5.69 Å². The van der Waals surface area contributed by atoms with Gasteiger partial charge in [-0.2, -0.15) is 5.26 Å². The summed E-state index contributed by atoms with van der Waals surface area (Å²) in [6, 6.07) is 5.99. The number of hydrogen-bond acceptors (Lipinski definition) is 6. The summed E-state index contributed by atoms with van der Waals surface area (Å²) in [4.78, 5) is 11.0. The van der Waals surface area contributed by atoms with E-state index in [0.29, 0.717) is 0 Å². The molecule has 0 bridgehead atoms. The molecule has 1 rings (SSSR count). The highest BCUT2D eigenvalue weighted by molar-refractivity contribution is 5.75. The molecule has 0 aromatic heterocycles. The van der Waals surface area contributed by atoms with E-state index in [1.807, 2.05) is 6.07 Å². The molecule has 0 heterocycles. The third kappa shape index (κ3) is 2.72. The lowest BCUT2D eigenvalue weighted by molar-refractivity contribution is -0.156. The van der Waals surface area contributed by atoms with E-state index in [0.717, 1.165) is 7.11 Å². The molecule has 1 aromatic rings. The van der Waals surface area contributed by atoms with Crippen molar-refractivity contribution < 1.29 is 19.7 Å². The molecule has 0 spiro atoms. The zero-order valence-corrected chi connectivity index (χ0v) is 9.12. The fourth-order valence-electron chi connectivity index (χ4n) is 1.29. The minimum absolute atomic E-state index is 0.165. The third-order valence-electron chi connectivity index (χ3n) is 2.28. The highest BCUT2D eigenvalue weighted by Crippen LogP contribution is 2.21. The summed E-state index contributed by atoms with van der Waals surface area (Å²) in [6.07, 6.45) is -3.16. The Hall–Kier alpha value is -2.10. The number of nitrogens with zero attached hydrogens (tertiary/aromatic N) is 1. The van der Waals surface area contributed by atoms with Crippen LogP contribution in [-0.2, 0) is 9.53 Å². The average molecular weight is 236 g/mol. The molecule has 1 aromatic carbocycles. The van der Waals surface area contributed by atoms with Crippen LogP contribution in [0.25, 0.3) is 0 Å². The summed E-state index contributed by atoms with van der Waals surface area (Å²) in [5.74, 6) is -0.951. The molecule has 0 saturated carbocycles. The topological polar surface area (TPSA) is 117 Å². The third-order valence-corrected chi connectivity index (χ3v) is 2.28. The number of nitriles is 1. The maximum absolute atomic E-state index is 11.0. The van der Waals surface area contributed by atoms with Crippen molar-refractivity contribution in [3.8, 4) is 6.07 Å². The van der Waals surface area contributed by atoms with Crippen molar-refractivity contribution in [3.05, 3.63) is 29.3 Å². The van der Waals surface area contributed by atoms with Gasteiger partial charge in [0.05, 0.1) is 12.7 Å². The lowest BCUT2D eigenvalue weighted by Crippen LogP contribution is -2.29. The number of hydrogen-bond donors (Lipinski definition) is 3. The molecule has 0 fully saturated rings. The highest BCUT2D eigenvalue weighted by Gasteiger charge is 2.26. The van der Waals surface area contributed by atoms with E-state index < -0.39 is 18.2 Å². The minimum atomic E-state index is -1.70. The molecular weight excluding hydrogens is 224 g/mol. The predicted molar refractivity (Wildman–Crippen MR) is 58.6 cm³/mol. The van der Waals surface area contributed by atoms with Crippen molar-refractivity contribution >= 4 is 11.7 Å². The number of aliphatic hydroxyl groups is 2. The van der Waals surface area contributed by atoms with Crippen LogP contribution in [0.4, 0.5) is 5.69 Å². The van der Waals surface area contributed by atoms with Crippen LogP contribution in [0, 0.1) is 11.3 Å². The number of carbonyl (C=O) groups is 1. The molecule has 6 heteroatoms. The first kappa shape index (κ1) is 13.0. The summed E-state index contributed by atoms with van der Waals surface area (Å²) in [5.41, 5.74) is 6.15. The van der Waals surface area contributed by atoms with E-state index in [4.69, 9.17) is 11.0 Å². The number of rotatable bonds is 3. The van der Waals surface area contributed by atoms with Crippen molar-refractivity contribution in [3.63, 3.8) is 0 Å². The molecular formula is C11H12N2O4. The van der Waals surface area contributed by atoms with Gasteiger partial charge in [0.15, 0.2) is 6.10 Å². The summed E-state index contributed by atoms with van der Waals surface area (Å²) >= 11 is 0. The van der Waals surface area contributed by atoms with Gasteiger partial charge in [-0.1, -0.05) is 6.07 Å². The normalized spacial score (nSPS) is 13.5. The van der Waals surface area contributed by atoms with Gasteiger partial charge in [-0.3, -0.25) is 0 Å². The first-order valence-corrected chi connectivity index (χ1v) is 4.74. The molecule has 2 atom stereocenters. The van der Waals surface area contributed by atoms with E-state index in [-0.39, 0.29) is 16.8 Å². The lowest BCUT2D eigenvalue weighted by Gasteiger charge is -2.16. The van der Waals surface area contributed by atoms with Crippen molar-refractivity contribution in [1.82, 2.24) is 0 Å². The Balaban J connectivity index is 3.01. The average Bonchev–Trinajstić information content (AvgIpc) is 2.36. The Kier molecular flexibility index (Phi) is 4.04. The smallest absolute Gasteiger partial charge is 0.337 e. The number of ether oxygens (including phenoxy) is 1. The van der Waals surface area contributed by atoms with Gasteiger partial charge in [-0.05, 0) is 17.7 Å². The molecule has 6 nitrogen and oxygen atoms in total. The second-order valence-electron chi connectivity index (χ2n) is 3.37. The Morgan fingerprint density at radius 2 is 2.18 bits per heavy atom. The van der Waals surface area contributed by atoms with Crippen LogP contribution < -0.4 is 5.73 Å². The second kappa shape index (κ2) is 5.30. The molecule has 0 aliphatic rings. The molecule has 0 amide bonds. The Morgan fingerprint density at radius 3 is 2.71 bits per heavy atom. The van der Waals surface area contributed by atoms with Crippen molar-refractivity contribution in [2.45, 2.75) is 12.2 Å². The van der Waals surface area contributed by atoms with Crippen LogP contribution in [-0.4, -0.2) is 29.4 Å². The Labute approximate surface area is 97.9 Å². The minimum Gasteiger partial charge on any atom is -0.467 e. The second-order valence-corrected chi connectivity index (χ2v) is 3.37. The molecule has 0 radical (unpaired) electrons. The highest BCUT2D eigenvalue weighted by atomic mass is 16.5. The van der Waals surface area contributed by atoms with Gasteiger partial charge >= 0.3 is 5.97 Å². The van der Waals surface area contributed by atoms with Crippen molar-refractivity contribution in [2.75, 3.05) is 12.8 Å². The summed E-state index contributed by atoms with van der Waals surface area (Å²) < 4.78 is 4.30. The van der Waals surface area contributed by atoms with Gasteiger partial charge in [0.2, 0.25) is 0 Å². The maximum atomic E-state index is 11.0. The summed E-state index contributed by atoms with van der Waals surface area (Å²) in [7, 11) is 1.10. The number of esters is 1. The van der Waals surface area contributed by atoms with Crippen LogP contribution in [0.5, 0.6) is 0 Å². The van der Waals surface area contributed by atoms with Crippen LogP contribution >= 0.6 is 0 Å². The molecule has 90 valence electrons. The van der Waals surface area contributed by atoms with Gasteiger partial charge < -0.3 is 20.7 Å². The molecule has 0 aliphatic heterocycles. The quantitative estimate of drug-likeness (QED) is 0.490. The largest absolute Gasteiger partial charge is 0.467 e. The number of nitrogens with two attached hydrogens (primary N) is 1. The number of anilines is 1. The van der Waals surface area contributed by atoms with Gasteiger partial charge in [-0.25, -0.2) is 4.79 Å². The zero-order chi connectivity index (χ0) is 13.0. The van der Waals surface area contributed by atoms with E-state index in [2.05, 4.69) is 4.74 Å². The monoisotopic (exact) mass is 236 g/mol. The van der Waals surface area contributed by atoms with Crippen LogP contribution in [0.15, 0.2) is 18.2 Å². The molecule has 17 heavy (non-hydrogen) atoms. The fourth-order valence-corrected chi connectivity index (χ4v) is 1.29. The molecule has 2 unspecified atom stereocenters. The van der Waals surface area contributed by atoms with E-state index in [1.165, 1.54) is 18.2 Å². The van der Waals surface area contributed by atoms with Crippen LogP contribution in [0.2, 0.25) is 0 Å². The van der Waals surface area contributed by atoms with E-state index >= 15 is 0 Å². The number of aliphatic hydroxyl groups excluding tert-OH is 2. The SMILES string of the molecule is COC(=O)C(O)C(O)c1ccc(N)c(C#N)c1. The Bertz CT molecular complexity index is 467. The Morgan fingerprint density at radius 1 is 1.53 bits per heavy atom. The molecule has 4 N–H and O–H groups in total. The fraction of sp³-hybridized carbons (Fsp3) is 0.273. The predicted octanol–water partition coefficient (Wildman–Crippen LogP) is -0.292. The van der Waals surface area contributed by atoms with Gasteiger partial charge in [0.25, 0.3) is 0 Å². The number of benzene rings is 1. The van der Waals surface area contributed by atoms with Crippen molar-refractivity contribution in [1.29, 1.82) is 5.26 Å². The first-order valence-electron chi connectivity index (χ1n) is 4.74. The van der Waals surface area contributed by atoms with E-state index in [1.54, 1.807) is 0 Å². The number of methoxy groups -OCH3 is 1. The summed E-state index contributed by atoms with van der Waals surface area (Å²) in [5, 5.41) is 27.9. The lowest BCUT2D eigenvalue weighted by atomic mass is 10.0.